The Balaban J connectivity index is 2.58. The van der Waals surface area contributed by atoms with Gasteiger partial charge in [0, 0.05) is 24.4 Å². The van der Waals surface area contributed by atoms with Crippen molar-refractivity contribution < 1.29 is 19.1 Å². The van der Waals surface area contributed by atoms with Gasteiger partial charge < -0.3 is 14.0 Å². The number of para-hydroxylation sites is 1. The number of esters is 2. The van der Waals surface area contributed by atoms with Gasteiger partial charge in [0.15, 0.2) is 0 Å². The second-order valence-electron chi connectivity index (χ2n) is 6.17. The third kappa shape index (κ3) is 3.96. The molecule has 1 heterocycles. The summed E-state index contributed by atoms with van der Waals surface area (Å²) in [6.07, 6.45) is 0.966. The third-order valence-corrected chi connectivity index (χ3v) is 3.90. The first kappa shape index (κ1) is 18.0. The Labute approximate surface area is 142 Å². The van der Waals surface area contributed by atoms with Crippen LogP contribution in [0.4, 0.5) is 0 Å². The summed E-state index contributed by atoms with van der Waals surface area (Å²) in [6, 6.07) is 7.73. The number of aromatic nitrogens is 1. The molecule has 0 bridgehead atoms. The van der Waals surface area contributed by atoms with Crippen LogP contribution in [0, 0.1) is 5.92 Å². The number of rotatable bonds is 7. The first-order chi connectivity index (χ1) is 11.5. The molecule has 0 N–H and O–H groups in total. The number of aryl methyl sites for hydroxylation is 1. The minimum Gasteiger partial charge on any atom is -0.462 e. The van der Waals surface area contributed by atoms with E-state index in [1.54, 1.807) is 6.92 Å². The zero-order chi connectivity index (χ0) is 17.7. The Hall–Kier alpha value is -2.30. The summed E-state index contributed by atoms with van der Waals surface area (Å²) in [4.78, 5) is 23.8. The van der Waals surface area contributed by atoms with Crippen LogP contribution in [-0.2, 0) is 27.4 Å². The van der Waals surface area contributed by atoms with E-state index in [1.165, 1.54) is 6.92 Å². The average Bonchev–Trinajstić information content (AvgIpc) is 2.84. The second-order valence-corrected chi connectivity index (χ2v) is 6.17. The molecule has 0 radical (unpaired) electrons. The molecule has 1 aromatic heterocycles. The Morgan fingerprint density at radius 1 is 1.17 bits per heavy atom. The Morgan fingerprint density at radius 3 is 2.50 bits per heavy atom. The molecule has 1 aromatic carbocycles. The number of carbonyl (C=O) groups excluding carboxylic acids is 2. The molecule has 24 heavy (non-hydrogen) atoms. The highest BCUT2D eigenvalue weighted by Gasteiger charge is 2.24. The molecule has 0 aliphatic carbocycles. The smallest absolute Gasteiger partial charge is 0.340 e. The van der Waals surface area contributed by atoms with E-state index in [1.807, 2.05) is 24.3 Å². The highest BCUT2D eigenvalue weighted by molar-refractivity contribution is 6.06. The summed E-state index contributed by atoms with van der Waals surface area (Å²) in [5.41, 5.74) is 2.16. The Kier molecular flexibility index (Phi) is 6.01. The molecule has 0 unspecified atom stereocenters. The van der Waals surface area contributed by atoms with E-state index in [0.717, 1.165) is 23.9 Å². The lowest BCUT2D eigenvalue weighted by atomic mass is 10.1. The molecule has 5 nitrogen and oxygen atoms in total. The van der Waals surface area contributed by atoms with Gasteiger partial charge in [-0.2, -0.15) is 0 Å². The van der Waals surface area contributed by atoms with Crippen molar-refractivity contribution in [1.29, 1.82) is 0 Å². The fourth-order valence-electron chi connectivity index (χ4n) is 2.75. The normalized spacial score (nSPS) is 11.0. The van der Waals surface area contributed by atoms with E-state index in [0.29, 0.717) is 23.8 Å². The maximum atomic E-state index is 12.5. The van der Waals surface area contributed by atoms with Gasteiger partial charge in [0.25, 0.3) is 0 Å². The monoisotopic (exact) mass is 331 g/mol. The topological polar surface area (TPSA) is 57.5 Å². The number of nitrogens with zero attached hydrogens (tertiary/aromatic N) is 1. The van der Waals surface area contributed by atoms with Gasteiger partial charge in [0.1, 0.15) is 6.61 Å². The van der Waals surface area contributed by atoms with Crippen LogP contribution < -0.4 is 0 Å². The molecule has 0 atom stereocenters. The van der Waals surface area contributed by atoms with Crippen molar-refractivity contribution in [2.24, 2.45) is 5.92 Å². The summed E-state index contributed by atoms with van der Waals surface area (Å²) in [6.45, 7) is 8.59. The lowest BCUT2D eigenvalue weighted by Crippen LogP contribution is -2.13. The fraction of sp³-hybridized carbons (Fsp3) is 0.474. The predicted octanol–water partition coefficient (Wildman–Crippen LogP) is 3.93. The van der Waals surface area contributed by atoms with E-state index in [9.17, 15) is 9.59 Å². The van der Waals surface area contributed by atoms with Crippen molar-refractivity contribution in [3.8, 4) is 0 Å². The van der Waals surface area contributed by atoms with Crippen LogP contribution in [0.5, 0.6) is 0 Å². The molecule has 0 spiro atoms. The summed E-state index contributed by atoms with van der Waals surface area (Å²) >= 11 is 0. The lowest BCUT2D eigenvalue weighted by molar-refractivity contribution is -0.142. The zero-order valence-electron chi connectivity index (χ0n) is 14.8. The number of benzene rings is 1. The van der Waals surface area contributed by atoms with Gasteiger partial charge in [0.2, 0.25) is 0 Å². The molecule has 2 rings (SSSR count). The lowest BCUT2D eigenvalue weighted by Gasteiger charge is -2.13. The van der Waals surface area contributed by atoms with Crippen molar-refractivity contribution in [2.75, 3.05) is 6.61 Å². The van der Waals surface area contributed by atoms with Gasteiger partial charge in [0.05, 0.1) is 17.9 Å². The average molecular weight is 331 g/mol. The second kappa shape index (κ2) is 7.99. The van der Waals surface area contributed by atoms with Crippen LogP contribution >= 0.6 is 0 Å². The minimum atomic E-state index is -0.376. The Morgan fingerprint density at radius 2 is 1.88 bits per heavy atom. The third-order valence-electron chi connectivity index (χ3n) is 3.90. The highest BCUT2D eigenvalue weighted by Crippen LogP contribution is 2.28. The molecule has 0 saturated carbocycles. The van der Waals surface area contributed by atoms with E-state index >= 15 is 0 Å². The quantitative estimate of drug-likeness (QED) is 0.721. The zero-order valence-corrected chi connectivity index (χ0v) is 14.8. The summed E-state index contributed by atoms with van der Waals surface area (Å²) in [7, 11) is 0. The number of fused-ring (bicyclic) bond motifs is 1. The van der Waals surface area contributed by atoms with Crippen LogP contribution in [0.15, 0.2) is 24.3 Å². The molecule has 0 amide bonds. The maximum Gasteiger partial charge on any atom is 0.340 e. The van der Waals surface area contributed by atoms with Crippen LogP contribution in [-0.4, -0.2) is 23.1 Å². The molecule has 0 fully saturated rings. The molecule has 2 aromatic rings. The van der Waals surface area contributed by atoms with Crippen molar-refractivity contribution in [2.45, 2.75) is 47.3 Å². The molecular weight excluding hydrogens is 306 g/mol. The summed E-state index contributed by atoms with van der Waals surface area (Å²) in [5.74, 6) is -0.219. The Bertz CT molecular complexity index is 730. The van der Waals surface area contributed by atoms with Crippen molar-refractivity contribution >= 4 is 22.8 Å². The van der Waals surface area contributed by atoms with Gasteiger partial charge in [-0.1, -0.05) is 32.0 Å². The SMILES string of the molecule is CCOC(=O)c1c(COC(C)=O)n(CCC(C)C)c2ccccc12. The molecule has 130 valence electrons. The van der Waals surface area contributed by atoms with Crippen LogP contribution in [0.25, 0.3) is 10.9 Å². The summed E-state index contributed by atoms with van der Waals surface area (Å²) in [5, 5.41) is 0.835. The van der Waals surface area contributed by atoms with Crippen LogP contribution in [0.3, 0.4) is 0 Å². The fourth-order valence-corrected chi connectivity index (χ4v) is 2.75. The van der Waals surface area contributed by atoms with Crippen molar-refractivity contribution in [3.63, 3.8) is 0 Å². The van der Waals surface area contributed by atoms with Crippen molar-refractivity contribution in [1.82, 2.24) is 4.57 Å². The van der Waals surface area contributed by atoms with E-state index in [-0.39, 0.29) is 18.5 Å². The van der Waals surface area contributed by atoms with E-state index < -0.39 is 0 Å². The minimum absolute atomic E-state index is 0.0657. The predicted molar refractivity (Wildman–Crippen MR) is 92.8 cm³/mol. The first-order valence-corrected chi connectivity index (χ1v) is 8.36. The number of ether oxygens (including phenoxy) is 2. The standard InChI is InChI=1S/C19H25NO4/c1-5-23-19(22)18-15-8-6-7-9-16(15)20(11-10-13(2)3)17(18)12-24-14(4)21/h6-9,13H,5,10-12H2,1-4H3. The molecule has 0 saturated heterocycles. The summed E-state index contributed by atoms with van der Waals surface area (Å²) < 4.78 is 12.5. The molecule has 0 aliphatic rings. The van der Waals surface area contributed by atoms with Gasteiger partial charge in [-0.15, -0.1) is 0 Å². The number of carbonyl (C=O) groups is 2. The van der Waals surface area contributed by atoms with Gasteiger partial charge in [-0.05, 0) is 25.3 Å². The molecule has 5 heteroatoms. The van der Waals surface area contributed by atoms with E-state index in [4.69, 9.17) is 9.47 Å². The van der Waals surface area contributed by atoms with Gasteiger partial charge >= 0.3 is 11.9 Å². The van der Waals surface area contributed by atoms with Gasteiger partial charge in [-0.3, -0.25) is 4.79 Å². The van der Waals surface area contributed by atoms with Gasteiger partial charge in [-0.25, -0.2) is 4.79 Å². The molecule has 0 aliphatic heterocycles. The van der Waals surface area contributed by atoms with Crippen LogP contribution in [0.1, 0.15) is 50.2 Å². The first-order valence-electron chi connectivity index (χ1n) is 8.36. The van der Waals surface area contributed by atoms with Crippen LogP contribution in [0.2, 0.25) is 0 Å². The number of hydrogen-bond acceptors (Lipinski definition) is 4. The largest absolute Gasteiger partial charge is 0.462 e. The van der Waals surface area contributed by atoms with E-state index in [2.05, 4.69) is 18.4 Å². The number of hydrogen-bond donors (Lipinski definition) is 0. The maximum absolute atomic E-state index is 12.5. The highest BCUT2D eigenvalue weighted by atomic mass is 16.5. The molecular formula is C19H25NO4. The van der Waals surface area contributed by atoms with Crippen molar-refractivity contribution in [3.05, 3.63) is 35.5 Å².